The first kappa shape index (κ1) is 20.0. The summed E-state index contributed by atoms with van der Waals surface area (Å²) in [5.74, 6) is -0.885. The summed E-state index contributed by atoms with van der Waals surface area (Å²) in [5, 5.41) is -0.956. The number of benzene rings is 1. The molecule has 146 valence electrons. The van der Waals surface area contributed by atoms with Crippen molar-refractivity contribution >= 4 is 33.1 Å². The number of hydrogen-bond donors (Lipinski definition) is 0. The van der Waals surface area contributed by atoms with E-state index in [1.54, 1.807) is 42.5 Å². The zero-order chi connectivity index (χ0) is 20.3. The van der Waals surface area contributed by atoms with E-state index < -0.39 is 21.1 Å². The second-order valence-electron chi connectivity index (χ2n) is 6.28. The molecule has 0 aliphatic rings. The number of sulfone groups is 1. The maximum atomic E-state index is 12.4. The number of rotatable bonds is 6. The molecule has 0 amide bonds. The van der Waals surface area contributed by atoms with Crippen molar-refractivity contribution in [2.75, 3.05) is 6.26 Å². The predicted octanol–water partition coefficient (Wildman–Crippen LogP) is 2.05. The fourth-order valence-electron chi connectivity index (χ4n) is 2.68. The third-order valence-corrected chi connectivity index (χ3v) is 5.70. The average Bonchev–Trinajstić information content (AvgIpc) is 2.65. The normalized spacial score (nSPS) is 12.6. The van der Waals surface area contributed by atoms with Gasteiger partial charge in [-0.2, -0.15) is 0 Å². The smallest absolute Gasteiger partial charge is 0.325 e. The van der Waals surface area contributed by atoms with Crippen molar-refractivity contribution in [2.24, 2.45) is 0 Å². The van der Waals surface area contributed by atoms with Gasteiger partial charge in [0, 0.05) is 18.5 Å². The van der Waals surface area contributed by atoms with Crippen molar-refractivity contribution in [2.45, 2.75) is 18.3 Å². The highest BCUT2D eigenvalue weighted by Crippen LogP contribution is 2.13. The van der Waals surface area contributed by atoms with Gasteiger partial charge >= 0.3 is 5.97 Å². The molecule has 9 heteroatoms. The first-order valence-electron chi connectivity index (χ1n) is 8.31. The van der Waals surface area contributed by atoms with E-state index in [1.165, 1.54) is 16.7 Å². The van der Waals surface area contributed by atoms with Gasteiger partial charge in [-0.05, 0) is 24.1 Å². The van der Waals surface area contributed by atoms with Gasteiger partial charge in [-0.1, -0.05) is 41.9 Å². The molecule has 1 atom stereocenters. The molecule has 3 aromatic rings. The average molecular weight is 421 g/mol. The highest BCUT2D eigenvalue weighted by molar-refractivity contribution is 7.92. The molecule has 0 saturated heterocycles. The number of hydrogen-bond acceptors (Lipinski definition) is 6. The van der Waals surface area contributed by atoms with Gasteiger partial charge < -0.3 is 4.74 Å². The lowest BCUT2D eigenvalue weighted by Gasteiger charge is -2.14. The molecule has 0 radical (unpaired) electrons. The van der Waals surface area contributed by atoms with E-state index in [9.17, 15) is 18.0 Å². The summed E-state index contributed by atoms with van der Waals surface area (Å²) in [5.41, 5.74) is 0.871. The number of nitrogens with zero attached hydrogens (tertiary/aromatic N) is 2. The number of fused-ring (bicyclic) bond motifs is 1. The van der Waals surface area contributed by atoms with Crippen LogP contribution in [0.1, 0.15) is 11.3 Å². The lowest BCUT2D eigenvalue weighted by Crippen LogP contribution is -2.33. The second-order valence-corrected chi connectivity index (χ2v) is 8.94. The Bertz CT molecular complexity index is 1180. The minimum absolute atomic E-state index is 0.00477. The summed E-state index contributed by atoms with van der Waals surface area (Å²) < 4.78 is 30.6. The maximum Gasteiger partial charge on any atom is 0.325 e. The van der Waals surface area contributed by atoms with Crippen LogP contribution in [0, 0.1) is 0 Å². The van der Waals surface area contributed by atoms with Crippen LogP contribution in [-0.2, 0) is 32.4 Å². The van der Waals surface area contributed by atoms with Crippen molar-refractivity contribution < 1.29 is 17.9 Å². The molecule has 0 aliphatic carbocycles. The van der Waals surface area contributed by atoms with Gasteiger partial charge in [0.1, 0.15) is 12.3 Å². The van der Waals surface area contributed by atoms with Crippen LogP contribution >= 0.6 is 11.6 Å². The zero-order valence-electron chi connectivity index (χ0n) is 14.9. The molecule has 0 bridgehead atoms. The number of esters is 1. The quantitative estimate of drug-likeness (QED) is 0.566. The molecule has 28 heavy (non-hydrogen) atoms. The lowest BCUT2D eigenvalue weighted by atomic mass is 10.1. The van der Waals surface area contributed by atoms with Crippen molar-refractivity contribution in [3.8, 4) is 0 Å². The monoisotopic (exact) mass is 420 g/mol. The van der Waals surface area contributed by atoms with Crippen LogP contribution in [0.2, 0.25) is 5.02 Å². The summed E-state index contributed by atoms with van der Waals surface area (Å²) in [4.78, 5) is 28.8. The van der Waals surface area contributed by atoms with Crippen molar-refractivity contribution in [1.29, 1.82) is 0 Å². The van der Waals surface area contributed by atoms with E-state index >= 15 is 0 Å². The maximum absolute atomic E-state index is 12.4. The van der Waals surface area contributed by atoms with Crippen LogP contribution in [0.4, 0.5) is 0 Å². The summed E-state index contributed by atoms with van der Waals surface area (Å²) in [6.07, 6.45) is 2.43. The highest BCUT2D eigenvalue weighted by Gasteiger charge is 2.30. The van der Waals surface area contributed by atoms with Gasteiger partial charge in [0.05, 0.1) is 10.7 Å². The Morgan fingerprint density at radius 3 is 2.61 bits per heavy atom. The van der Waals surface area contributed by atoms with E-state index in [-0.39, 0.29) is 24.3 Å². The van der Waals surface area contributed by atoms with E-state index in [1.807, 2.05) is 0 Å². The minimum atomic E-state index is -3.69. The Kier molecular flexibility index (Phi) is 5.81. The molecule has 0 spiro atoms. The van der Waals surface area contributed by atoms with Gasteiger partial charge in [0.2, 0.25) is 0 Å². The summed E-state index contributed by atoms with van der Waals surface area (Å²) in [6.45, 7) is -0.311. The van der Waals surface area contributed by atoms with Crippen molar-refractivity contribution in [1.82, 2.24) is 9.38 Å². The van der Waals surface area contributed by atoms with E-state index in [0.717, 1.165) is 6.26 Å². The van der Waals surface area contributed by atoms with Crippen LogP contribution in [0.3, 0.4) is 0 Å². The van der Waals surface area contributed by atoms with Gasteiger partial charge in [0.15, 0.2) is 15.1 Å². The molecule has 0 fully saturated rings. The largest absolute Gasteiger partial charge is 0.458 e. The number of ether oxygens (including phenoxy) is 1. The van der Waals surface area contributed by atoms with E-state index in [4.69, 9.17) is 16.3 Å². The number of aromatic nitrogens is 2. The summed E-state index contributed by atoms with van der Waals surface area (Å²) >= 11 is 5.86. The van der Waals surface area contributed by atoms with Crippen LogP contribution in [0.5, 0.6) is 0 Å². The number of carbonyl (C=O) groups is 1. The van der Waals surface area contributed by atoms with Crippen molar-refractivity contribution in [3.63, 3.8) is 0 Å². The topological polar surface area (TPSA) is 94.8 Å². The van der Waals surface area contributed by atoms with Gasteiger partial charge in [-0.15, -0.1) is 0 Å². The Morgan fingerprint density at radius 2 is 1.93 bits per heavy atom. The molecule has 2 heterocycles. The molecule has 0 N–H and O–H groups in total. The zero-order valence-corrected chi connectivity index (χ0v) is 16.5. The molecule has 1 unspecified atom stereocenters. The van der Waals surface area contributed by atoms with Gasteiger partial charge in [-0.25, -0.2) is 13.4 Å². The first-order chi connectivity index (χ1) is 13.2. The number of pyridine rings is 1. The Labute approximate surface area is 166 Å². The van der Waals surface area contributed by atoms with Crippen LogP contribution in [-0.4, -0.2) is 35.3 Å². The molecule has 0 aliphatic heterocycles. The lowest BCUT2D eigenvalue weighted by molar-refractivity contribution is -0.144. The molecular weight excluding hydrogens is 404 g/mol. The molecule has 0 saturated carbocycles. The minimum Gasteiger partial charge on any atom is -0.458 e. The standard InChI is InChI=1S/C19H17ClN2O5S/c1-28(25,26)16(9-13-5-3-2-4-6-13)19(24)27-12-15-10-18(23)22-11-14(20)7-8-17(22)21-15/h2-8,10-11,16H,9,12H2,1H3. The fourth-order valence-corrected chi connectivity index (χ4v) is 3.75. The molecule has 1 aromatic carbocycles. The SMILES string of the molecule is CS(=O)(=O)C(Cc1ccccc1)C(=O)OCc1cc(=O)n2cc(Cl)ccc2n1. The Hall–Kier alpha value is -2.71. The molecular formula is C19H17ClN2O5S. The fraction of sp³-hybridized carbons (Fsp3) is 0.211. The van der Waals surface area contributed by atoms with E-state index in [0.29, 0.717) is 16.2 Å². The Balaban J connectivity index is 1.78. The van der Waals surface area contributed by atoms with Gasteiger partial charge in [-0.3, -0.25) is 14.0 Å². The van der Waals surface area contributed by atoms with Crippen LogP contribution in [0.25, 0.3) is 5.65 Å². The molecule has 3 rings (SSSR count). The first-order valence-corrected chi connectivity index (χ1v) is 10.6. The number of carbonyl (C=O) groups excluding carboxylic acids is 1. The number of halogens is 1. The molecule has 2 aromatic heterocycles. The third-order valence-electron chi connectivity index (χ3n) is 4.08. The van der Waals surface area contributed by atoms with Crippen LogP contribution in [0.15, 0.2) is 59.5 Å². The second kappa shape index (κ2) is 8.12. The van der Waals surface area contributed by atoms with E-state index in [2.05, 4.69) is 4.98 Å². The summed E-state index contributed by atoms with van der Waals surface area (Å²) in [6, 6.07) is 13.2. The molecule has 7 nitrogen and oxygen atoms in total. The summed E-state index contributed by atoms with van der Waals surface area (Å²) in [7, 11) is -3.69. The van der Waals surface area contributed by atoms with Crippen LogP contribution < -0.4 is 5.56 Å². The predicted molar refractivity (Wildman–Crippen MR) is 105 cm³/mol. The van der Waals surface area contributed by atoms with Crippen molar-refractivity contribution in [3.05, 3.63) is 81.4 Å². The third kappa shape index (κ3) is 4.76. The highest BCUT2D eigenvalue weighted by atomic mass is 35.5. The van der Waals surface area contributed by atoms with Gasteiger partial charge in [0.25, 0.3) is 5.56 Å². The Morgan fingerprint density at radius 1 is 1.21 bits per heavy atom.